The van der Waals surface area contributed by atoms with Crippen molar-refractivity contribution in [3.8, 4) is 0 Å². The lowest BCUT2D eigenvalue weighted by atomic mass is 9.70. The molecule has 2 nitrogen and oxygen atoms in total. The van der Waals surface area contributed by atoms with Crippen molar-refractivity contribution in [3.05, 3.63) is 0 Å². The van der Waals surface area contributed by atoms with Crippen LogP contribution in [0, 0.1) is 17.3 Å². The molecule has 112 valence electrons. The quantitative estimate of drug-likeness (QED) is 0.704. The second-order valence-electron chi connectivity index (χ2n) is 7.85. The molecule has 0 spiro atoms. The molecule has 0 aromatic carbocycles. The highest BCUT2D eigenvalue weighted by Crippen LogP contribution is 2.57. The van der Waals surface area contributed by atoms with Crippen LogP contribution in [0.2, 0.25) is 0 Å². The standard InChI is InChI=1S/C17H33NO/c1-5-19-10-6-9-17(13-18-16(2,3)4)12-14-7-8-15(17)11-14/h14-15,18H,5-13H2,1-4H3. The summed E-state index contributed by atoms with van der Waals surface area (Å²) in [6, 6.07) is 0. The van der Waals surface area contributed by atoms with E-state index in [2.05, 4.69) is 33.0 Å². The van der Waals surface area contributed by atoms with E-state index in [1.54, 1.807) is 0 Å². The van der Waals surface area contributed by atoms with Gasteiger partial charge in [-0.25, -0.2) is 0 Å². The minimum atomic E-state index is 0.245. The maximum absolute atomic E-state index is 5.54. The molecule has 0 radical (unpaired) electrons. The highest BCUT2D eigenvalue weighted by atomic mass is 16.5. The van der Waals surface area contributed by atoms with E-state index in [1.165, 1.54) is 45.1 Å². The van der Waals surface area contributed by atoms with Crippen LogP contribution in [-0.4, -0.2) is 25.3 Å². The summed E-state index contributed by atoms with van der Waals surface area (Å²) in [5.74, 6) is 2.01. The van der Waals surface area contributed by atoms with Crippen molar-refractivity contribution in [3.63, 3.8) is 0 Å². The number of ether oxygens (including phenoxy) is 1. The Morgan fingerprint density at radius 3 is 2.58 bits per heavy atom. The molecule has 0 aromatic heterocycles. The van der Waals surface area contributed by atoms with Crippen LogP contribution in [0.15, 0.2) is 0 Å². The molecule has 2 heteroatoms. The van der Waals surface area contributed by atoms with E-state index in [1.807, 2.05) is 0 Å². The molecule has 0 saturated heterocycles. The van der Waals surface area contributed by atoms with Gasteiger partial charge in [0.2, 0.25) is 0 Å². The first-order chi connectivity index (χ1) is 8.95. The fourth-order valence-corrected chi connectivity index (χ4v) is 4.28. The SMILES string of the molecule is CCOCCCC1(CNC(C)(C)C)CC2CCC1C2. The van der Waals surface area contributed by atoms with Gasteiger partial charge in [-0.05, 0) is 77.0 Å². The lowest BCUT2D eigenvalue weighted by Gasteiger charge is -2.40. The van der Waals surface area contributed by atoms with E-state index < -0.39 is 0 Å². The summed E-state index contributed by atoms with van der Waals surface area (Å²) in [7, 11) is 0. The maximum Gasteiger partial charge on any atom is 0.0466 e. The molecule has 3 atom stereocenters. The Hall–Kier alpha value is -0.0800. The predicted octanol–water partition coefficient (Wildman–Crippen LogP) is 4.00. The van der Waals surface area contributed by atoms with Gasteiger partial charge in [0.25, 0.3) is 0 Å². The summed E-state index contributed by atoms with van der Waals surface area (Å²) in [5, 5.41) is 3.79. The molecule has 2 fully saturated rings. The van der Waals surface area contributed by atoms with Gasteiger partial charge in [0.05, 0.1) is 0 Å². The summed E-state index contributed by atoms with van der Waals surface area (Å²) >= 11 is 0. The van der Waals surface area contributed by atoms with E-state index in [-0.39, 0.29) is 5.54 Å². The zero-order valence-corrected chi connectivity index (χ0v) is 13.4. The van der Waals surface area contributed by atoms with E-state index in [0.29, 0.717) is 5.41 Å². The van der Waals surface area contributed by atoms with E-state index in [9.17, 15) is 0 Å². The number of nitrogens with one attached hydrogen (secondary N) is 1. The smallest absolute Gasteiger partial charge is 0.0466 e. The van der Waals surface area contributed by atoms with Crippen molar-refractivity contribution >= 4 is 0 Å². The molecular weight excluding hydrogens is 234 g/mol. The van der Waals surface area contributed by atoms with Crippen LogP contribution in [-0.2, 0) is 4.74 Å². The molecule has 2 rings (SSSR count). The lowest BCUT2D eigenvalue weighted by molar-refractivity contribution is 0.0935. The highest BCUT2D eigenvalue weighted by molar-refractivity contribution is 5.02. The third-order valence-corrected chi connectivity index (χ3v) is 5.24. The van der Waals surface area contributed by atoms with Crippen LogP contribution in [0.5, 0.6) is 0 Å². The molecule has 2 aliphatic carbocycles. The summed E-state index contributed by atoms with van der Waals surface area (Å²) in [4.78, 5) is 0. The minimum absolute atomic E-state index is 0.245. The normalized spacial score (nSPS) is 34.1. The average molecular weight is 267 g/mol. The van der Waals surface area contributed by atoms with Gasteiger partial charge < -0.3 is 10.1 Å². The first-order valence-corrected chi connectivity index (χ1v) is 8.28. The molecule has 19 heavy (non-hydrogen) atoms. The van der Waals surface area contributed by atoms with Crippen molar-refractivity contribution in [1.82, 2.24) is 5.32 Å². The Labute approximate surface area is 119 Å². The molecule has 0 aliphatic heterocycles. The van der Waals surface area contributed by atoms with Gasteiger partial charge in [0, 0.05) is 25.3 Å². The number of hydrogen-bond acceptors (Lipinski definition) is 2. The van der Waals surface area contributed by atoms with Crippen molar-refractivity contribution in [2.45, 2.75) is 71.8 Å². The molecule has 3 unspecified atom stereocenters. The third-order valence-electron chi connectivity index (χ3n) is 5.24. The van der Waals surface area contributed by atoms with Gasteiger partial charge in [-0.2, -0.15) is 0 Å². The Balaban J connectivity index is 1.90. The zero-order chi connectivity index (χ0) is 13.9. The number of rotatable bonds is 7. The Kier molecular flexibility index (Phi) is 4.94. The molecule has 1 N–H and O–H groups in total. The second kappa shape index (κ2) is 6.13. The largest absolute Gasteiger partial charge is 0.382 e. The summed E-state index contributed by atoms with van der Waals surface area (Å²) in [5.41, 5.74) is 0.821. The fourth-order valence-electron chi connectivity index (χ4n) is 4.28. The minimum Gasteiger partial charge on any atom is -0.382 e. The average Bonchev–Trinajstić information content (AvgIpc) is 2.92. The third kappa shape index (κ3) is 3.95. The predicted molar refractivity (Wildman–Crippen MR) is 81.4 cm³/mol. The van der Waals surface area contributed by atoms with Gasteiger partial charge in [-0.1, -0.05) is 6.42 Å². The van der Waals surface area contributed by atoms with Crippen molar-refractivity contribution in [2.24, 2.45) is 17.3 Å². The van der Waals surface area contributed by atoms with E-state index in [0.717, 1.165) is 25.0 Å². The van der Waals surface area contributed by atoms with Crippen LogP contribution in [0.25, 0.3) is 0 Å². The number of fused-ring (bicyclic) bond motifs is 2. The zero-order valence-electron chi connectivity index (χ0n) is 13.4. The first-order valence-electron chi connectivity index (χ1n) is 8.28. The Morgan fingerprint density at radius 2 is 2.05 bits per heavy atom. The van der Waals surface area contributed by atoms with Gasteiger partial charge in [-0.3, -0.25) is 0 Å². The van der Waals surface area contributed by atoms with Gasteiger partial charge in [0.1, 0.15) is 0 Å². The lowest BCUT2D eigenvalue weighted by Crippen LogP contribution is -2.46. The van der Waals surface area contributed by atoms with Gasteiger partial charge >= 0.3 is 0 Å². The van der Waals surface area contributed by atoms with Crippen LogP contribution < -0.4 is 5.32 Å². The van der Waals surface area contributed by atoms with Gasteiger partial charge in [0.15, 0.2) is 0 Å². The van der Waals surface area contributed by atoms with Crippen LogP contribution in [0.3, 0.4) is 0 Å². The van der Waals surface area contributed by atoms with Gasteiger partial charge in [-0.15, -0.1) is 0 Å². The molecule has 0 aromatic rings. The molecule has 2 bridgehead atoms. The van der Waals surface area contributed by atoms with Crippen LogP contribution >= 0.6 is 0 Å². The summed E-state index contributed by atoms with van der Waals surface area (Å²) in [6.07, 6.45) is 8.53. The van der Waals surface area contributed by atoms with Crippen molar-refractivity contribution in [1.29, 1.82) is 0 Å². The molecule has 0 heterocycles. The molecular formula is C17H33NO. The topological polar surface area (TPSA) is 21.3 Å². The van der Waals surface area contributed by atoms with Crippen molar-refractivity contribution in [2.75, 3.05) is 19.8 Å². The Morgan fingerprint density at radius 1 is 1.26 bits per heavy atom. The summed E-state index contributed by atoms with van der Waals surface area (Å²) < 4.78 is 5.54. The van der Waals surface area contributed by atoms with Crippen LogP contribution in [0.1, 0.15) is 66.2 Å². The summed E-state index contributed by atoms with van der Waals surface area (Å²) in [6.45, 7) is 12.0. The Bertz CT molecular complexity index is 283. The monoisotopic (exact) mass is 267 g/mol. The second-order valence-corrected chi connectivity index (χ2v) is 7.85. The first kappa shape index (κ1) is 15.3. The molecule has 2 saturated carbocycles. The fraction of sp³-hybridized carbons (Fsp3) is 1.00. The van der Waals surface area contributed by atoms with Crippen LogP contribution in [0.4, 0.5) is 0 Å². The van der Waals surface area contributed by atoms with E-state index in [4.69, 9.17) is 4.74 Å². The van der Waals surface area contributed by atoms with E-state index >= 15 is 0 Å². The highest BCUT2D eigenvalue weighted by Gasteiger charge is 2.50. The molecule has 2 aliphatic rings. The van der Waals surface area contributed by atoms with Crippen molar-refractivity contribution < 1.29 is 4.74 Å². The number of hydrogen-bond donors (Lipinski definition) is 1. The maximum atomic E-state index is 5.54. The molecule has 0 amide bonds.